The van der Waals surface area contributed by atoms with E-state index in [1.54, 1.807) is 48.5 Å². The third-order valence-corrected chi connectivity index (χ3v) is 6.56. The molecule has 2 aromatic carbocycles. The maximum atomic E-state index is 13.6. The van der Waals surface area contributed by atoms with Crippen LogP contribution in [0.2, 0.25) is 0 Å². The van der Waals surface area contributed by atoms with Crippen LogP contribution in [0, 0.1) is 32.1 Å². The van der Waals surface area contributed by atoms with E-state index in [0.717, 1.165) is 21.3 Å². The molecule has 0 unspecified atom stereocenters. The van der Waals surface area contributed by atoms with Crippen LogP contribution in [-0.4, -0.2) is 28.0 Å². The highest BCUT2D eigenvalue weighted by Gasteiger charge is 2.29. The fraction of sp³-hybridized carbons (Fsp3) is 0.182. The standard InChI is InChI=1S/C22H20N6O2S/c1-15-7-9-20(10-8-15)31(29,30)27(14-19-6-4-5-18(12-19)13-23)22-25-21-24-16(2)11-17(3)28(21)26-22/h4-12H,14H2,1-3H3. The molecule has 2 aromatic heterocycles. The Morgan fingerprint density at radius 1 is 1.03 bits per heavy atom. The van der Waals surface area contributed by atoms with Crippen LogP contribution in [0.5, 0.6) is 0 Å². The van der Waals surface area contributed by atoms with Gasteiger partial charge in [0.1, 0.15) is 0 Å². The van der Waals surface area contributed by atoms with E-state index >= 15 is 0 Å². The Morgan fingerprint density at radius 3 is 2.48 bits per heavy atom. The minimum absolute atomic E-state index is 0.0177. The molecule has 0 amide bonds. The Bertz CT molecular complexity index is 1420. The first-order valence-electron chi connectivity index (χ1n) is 9.57. The lowest BCUT2D eigenvalue weighted by Crippen LogP contribution is -2.31. The Hall–Kier alpha value is -3.77. The number of aromatic nitrogens is 4. The lowest BCUT2D eigenvalue weighted by molar-refractivity contribution is 0.589. The predicted molar refractivity (Wildman–Crippen MR) is 116 cm³/mol. The number of aryl methyl sites for hydroxylation is 3. The van der Waals surface area contributed by atoms with Crippen LogP contribution in [0.1, 0.15) is 28.1 Å². The van der Waals surface area contributed by atoms with Gasteiger partial charge in [0.15, 0.2) is 0 Å². The third-order valence-electron chi connectivity index (χ3n) is 4.82. The van der Waals surface area contributed by atoms with Crippen LogP contribution < -0.4 is 4.31 Å². The maximum Gasteiger partial charge on any atom is 0.267 e. The summed E-state index contributed by atoms with van der Waals surface area (Å²) in [6.07, 6.45) is 0. The molecule has 0 aliphatic rings. The number of hydrogen-bond donors (Lipinski definition) is 0. The van der Waals surface area contributed by atoms with Gasteiger partial charge in [0.25, 0.3) is 21.7 Å². The van der Waals surface area contributed by atoms with Crippen molar-refractivity contribution < 1.29 is 8.42 Å². The van der Waals surface area contributed by atoms with Gasteiger partial charge < -0.3 is 0 Å². The number of rotatable bonds is 5. The maximum absolute atomic E-state index is 13.6. The topological polar surface area (TPSA) is 104 Å². The summed E-state index contributed by atoms with van der Waals surface area (Å²) in [6, 6.07) is 17.3. The van der Waals surface area contributed by atoms with Crippen molar-refractivity contribution in [2.24, 2.45) is 0 Å². The molecule has 0 aliphatic heterocycles. The smallest absolute Gasteiger partial charge is 0.228 e. The number of fused-ring (bicyclic) bond motifs is 1. The SMILES string of the molecule is Cc1ccc(S(=O)(=O)N(Cc2cccc(C#N)c2)c2nc3nc(C)cc(C)n3n2)cc1. The molecule has 0 fully saturated rings. The van der Waals surface area contributed by atoms with E-state index < -0.39 is 10.0 Å². The lowest BCUT2D eigenvalue weighted by atomic mass is 10.1. The number of nitrogens with zero attached hydrogens (tertiary/aromatic N) is 6. The van der Waals surface area contributed by atoms with Gasteiger partial charge >= 0.3 is 0 Å². The van der Waals surface area contributed by atoms with Crippen LogP contribution >= 0.6 is 0 Å². The van der Waals surface area contributed by atoms with Crippen molar-refractivity contribution in [2.45, 2.75) is 32.2 Å². The van der Waals surface area contributed by atoms with E-state index in [1.165, 1.54) is 4.52 Å². The molecule has 9 heteroatoms. The molecule has 0 atom stereocenters. The lowest BCUT2D eigenvalue weighted by Gasteiger charge is -2.21. The Morgan fingerprint density at radius 2 is 1.77 bits per heavy atom. The molecule has 2 heterocycles. The second-order valence-corrected chi connectivity index (χ2v) is 9.16. The zero-order valence-corrected chi connectivity index (χ0v) is 18.1. The quantitative estimate of drug-likeness (QED) is 0.479. The van der Waals surface area contributed by atoms with E-state index in [0.29, 0.717) is 16.9 Å². The summed E-state index contributed by atoms with van der Waals surface area (Å²) >= 11 is 0. The van der Waals surface area contributed by atoms with Crippen LogP contribution in [0.15, 0.2) is 59.5 Å². The summed E-state index contributed by atoms with van der Waals surface area (Å²) in [4.78, 5) is 8.90. The van der Waals surface area contributed by atoms with Crippen molar-refractivity contribution in [1.82, 2.24) is 19.6 Å². The second-order valence-electron chi connectivity index (χ2n) is 7.30. The highest BCUT2D eigenvalue weighted by molar-refractivity contribution is 7.92. The molecule has 31 heavy (non-hydrogen) atoms. The summed E-state index contributed by atoms with van der Waals surface area (Å²) in [7, 11) is -3.97. The second kappa shape index (κ2) is 7.81. The van der Waals surface area contributed by atoms with Gasteiger partial charge in [-0.3, -0.25) is 0 Å². The predicted octanol–water partition coefficient (Wildman–Crippen LogP) is 3.32. The van der Waals surface area contributed by atoms with Gasteiger partial charge in [0, 0.05) is 11.4 Å². The number of sulfonamides is 1. The van der Waals surface area contributed by atoms with Crippen LogP contribution in [0.4, 0.5) is 5.95 Å². The molecule has 4 rings (SSSR count). The minimum atomic E-state index is -3.97. The van der Waals surface area contributed by atoms with Gasteiger partial charge in [-0.2, -0.15) is 14.8 Å². The monoisotopic (exact) mass is 432 g/mol. The Labute approximate surface area is 180 Å². The zero-order valence-electron chi connectivity index (χ0n) is 17.3. The average Bonchev–Trinajstić information content (AvgIpc) is 3.16. The first-order valence-corrected chi connectivity index (χ1v) is 11.0. The van der Waals surface area contributed by atoms with Crippen molar-refractivity contribution in [2.75, 3.05) is 4.31 Å². The molecule has 0 saturated carbocycles. The van der Waals surface area contributed by atoms with Crippen molar-refractivity contribution >= 4 is 21.7 Å². The van der Waals surface area contributed by atoms with E-state index in [9.17, 15) is 13.7 Å². The molecule has 8 nitrogen and oxygen atoms in total. The molecule has 0 N–H and O–H groups in total. The van der Waals surface area contributed by atoms with E-state index in [4.69, 9.17) is 0 Å². The zero-order chi connectivity index (χ0) is 22.2. The van der Waals surface area contributed by atoms with Crippen molar-refractivity contribution in [1.29, 1.82) is 5.26 Å². The van der Waals surface area contributed by atoms with Crippen LogP contribution in [0.25, 0.3) is 5.78 Å². The summed E-state index contributed by atoms with van der Waals surface area (Å²) in [5, 5.41) is 13.6. The Kier molecular flexibility index (Phi) is 5.17. The fourth-order valence-corrected chi connectivity index (χ4v) is 4.61. The highest BCUT2D eigenvalue weighted by Crippen LogP contribution is 2.25. The molecular formula is C22H20N6O2S. The molecule has 4 aromatic rings. The highest BCUT2D eigenvalue weighted by atomic mass is 32.2. The van der Waals surface area contributed by atoms with Crippen LogP contribution in [0.3, 0.4) is 0 Å². The van der Waals surface area contributed by atoms with E-state index in [1.807, 2.05) is 26.8 Å². The molecule has 156 valence electrons. The molecule has 0 spiro atoms. The number of benzene rings is 2. The number of hydrogen-bond acceptors (Lipinski definition) is 6. The summed E-state index contributed by atoms with van der Waals surface area (Å²) in [5.41, 5.74) is 3.60. The van der Waals surface area contributed by atoms with Crippen molar-refractivity contribution in [3.8, 4) is 6.07 Å². The summed E-state index contributed by atoms with van der Waals surface area (Å²) < 4.78 is 29.8. The van der Waals surface area contributed by atoms with Gasteiger partial charge in [-0.25, -0.2) is 17.7 Å². The molecule has 0 bridgehead atoms. The molecular weight excluding hydrogens is 412 g/mol. The largest absolute Gasteiger partial charge is 0.267 e. The Balaban J connectivity index is 1.87. The fourth-order valence-electron chi connectivity index (χ4n) is 3.27. The molecule has 0 radical (unpaired) electrons. The first kappa shape index (κ1) is 20.5. The van der Waals surface area contributed by atoms with Gasteiger partial charge in [-0.05, 0) is 56.7 Å². The first-order chi connectivity index (χ1) is 14.8. The van der Waals surface area contributed by atoms with Gasteiger partial charge in [0.05, 0.1) is 23.1 Å². The molecule has 0 saturated heterocycles. The summed E-state index contributed by atoms with van der Waals surface area (Å²) in [5.74, 6) is 0.339. The molecule has 0 aliphatic carbocycles. The average molecular weight is 433 g/mol. The van der Waals surface area contributed by atoms with Crippen molar-refractivity contribution in [3.63, 3.8) is 0 Å². The van der Waals surface area contributed by atoms with Crippen molar-refractivity contribution in [3.05, 3.63) is 82.7 Å². The van der Waals surface area contributed by atoms with E-state index in [-0.39, 0.29) is 17.4 Å². The normalized spacial score (nSPS) is 11.4. The number of anilines is 1. The third kappa shape index (κ3) is 3.98. The number of nitriles is 1. The summed E-state index contributed by atoms with van der Waals surface area (Å²) in [6.45, 7) is 5.56. The van der Waals surface area contributed by atoms with Gasteiger partial charge in [0.2, 0.25) is 0 Å². The van der Waals surface area contributed by atoms with Gasteiger partial charge in [-0.1, -0.05) is 29.8 Å². The van der Waals surface area contributed by atoms with E-state index in [2.05, 4.69) is 21.1 Å². The van der Waals surface area contributed by atoms with Gasteiger partial charge in [-0.15, -0.1) is 5.10 Å². The minimum Gasteiger partial charge on any atom is -0.228 e. The van der Waals surface area contributed by atoms with Crippen LogP contribution in [-0.2, 0) is 16.6 Å².